The maximum Gasteiger partial charge on any atom is 0.330 e. The lowest BCUT2D eigenvalue weighted by Gasteiger charge is -2.09. The SMILES string of the molecule is CC(C)CCCCCOC(=O)/C=C/c1cccc(C#N)c1-c1ccccc1. The van der Waals surface area contributed by atoms with Gasteiger partial charge in [0.15, 0.2) is 0 Å². The summed E-state index contributed by atoms with van der Waals surface area (Å²) >= 11 is 0. The number of esters is 1. The molecule has 0 atom stereocenters. The molecule has 0 radical (unpaired) electrons. The van der Waals surface area contributed by atoms with Crippen LogP contribution in [0.1, 0.15) is 50.7 Å². The molecular weight excluding hydrogens is 334 g/mol. The van der Waals surface area contributed by atoms with E-state index in [0.717, 1.165) is 35.4 Å². The number of carbonyl (C=O) groups excluding carboxylic acids is 1. The van der Waals surface area contributed by atoms with Crippen LogP contribution in [0.25, 0.3) is 17.2 Å². The molecule has 2 rings (SSSR count). The zero-order valence-electron chi connectivity index (χ0n) is 16.2. The minimum Gasteiger partial charge on any atom is -0.463 e. The number of carbonyl (C=O) groups is 1. The van der Waals surface area contributed by atoms with Crippen LogP contribution in [0.3, 0.4) is 0 Å². The first-order valence-corrected chi connectivity index (χ1v) is 9.55. The molecule has 0 saturated carbocycles. The van der Waals surface area contributed by atoms with Crippen LogP contribution in [0.4, 0.5) is 0 Å². The Morgan fingerprint density at radius 1 is 1.07 bits per heavy atom. The number of benzene rings is 2. The summed E-state index contributed by atoms with van der Waals surface area (Å²) in [5.74, 6) is 0.374. The van der Waals surface area contributed by atoms with Gasteiger partial charge in [-0.1, -0.05) is 75.6 Å². The van der Waals surface area contributed by atoms with Gasteiger partial charge in [-0.3, -0.25) is 0 Å². The molecule has 0 N–H and O–H groups in total. The molecule has 0 saturated heterocycles. The van der Waals surface area contributed by atoms with E-state index >= 15 is 0 Å². The zero-order valence-corrected chi connectivity index (χ0v) is 16.2. The van der Waals surface area contributed by atoms with Gasteiger partial charge in [-0.25, -0.2) is 4.79 Å². The van der Waals surface area contributed by atoms with Crippen LogP contribution in [0.15, 0.2) is 54.6 Å². The predicted molar refractivity (Wildman–Crippen MR) is 110 cm³/mol. The van der Waals surface area contributed by atoms with E-state index in [1.54, 1.807) is 12.1 Å². The summed E-state index contributed by atoms with van der Waals surface area (Å²) in [5.41, 5.74) is 3.20. The smallest absolute Gasteiger partial charge is 0.330 e. The van der Waals surface area contributed by atoms with Crippen molar-refractivity contribution in [3.05, 3.63) is 65.7 Å². The van der Waals surface area contributed by atoms with Crippen molar-refractivity contribution in [2.24, 2.45) is 5.92 Å². The van der Waals surface area contributed by atoms with Crippen LogP contribution in [0, 0.1) is 17.2 Å². The molecule has 0 aliphatic carbocycles. The van der Waals surface area contributed by atoms with Gasteiger partial charge in [0.2, 0.25) is 0 Å². The number of nitriles is 1. The van der Waals surface area contributed by atoms with Gasteiger partial charge in [-0.05, 0) is 35.6 Å². The number of unbranched alkanes of at least 4 members (excludes halogenated alkanes) is 2. The fourth-order valence-corrected chi connectivity index (χ4v) is 2.94. The molecule has 0 unspecified atom stereocenters. The van der Waals surface area contributed by atoms with Gasteiger partial charge in [0.05, 0.1) is 18.2 Å². The minimum atomic E-state index is -0.347. The van der Waals surface area contributed by atoms with Gasteiger partial charge >= 0.3 is 5.97 Å². The van der Waals surface area contributed by atoms with E-state index in [1.165, 1.54) is 18.9 Å². The molecule has 0 aliphatic heterocycles. The molecule has 3 nitrogen and oxygen atoms in total. The molecule has 140 valence electrons. The topological polar surface area (TPSA) is 50.1 Å². The number of hydrogen-bond donors (Lipinski definition) is 0. The largest absolute Gasteiger partial charge is 0.463 e. The third-order valence-corrected chi connectivity index (χ3v) is 4.35. The highest BCUT2D eigenvalue weighted by molar-refractivity contribution is 5.90. The van der Waals surface area contributed by atoms with Crippen molar-refractivity contribution >= 4 is 12.0 Å². The van der Waals surface area contributed by atoms with Crippen LogP contribution >= 0.6 is 0 Å². The Morgan fingerprint density at radius 3 is 2.56 bits per heavy atom. The first kappa shape index (κ1) is 20.5. The van der Waals surface area contributed by atoms with E-state index in [1.807, 2.05) is 42.5 Å². The Labute approximate surface area is 162 Å². The molecule has 0 heterocycles. The van der Waals surface area contributed by atoms with E-state index < -0.39 is 0 Å². The summed E-state index contributed by atoms with van der Waals surface area (Å²) in [5, 5.41) is 9.44. The van der Waals surface area contributed by atoms with E-state index in [-0.39, 0.29) is 5.97 Å². The highest BCUT2D eigenvalue weighted by Crippen LogP contribution is 2.28. The Balaban J connectivity index is 1.99. The second-order valence-electron chi connectivity index (χ2n) is 6.99. The molecule has 0 fully saturated rings. The lowest BCUT2D eigenvalue weighted by Crippen LogP contribution is -2.02. The Bertz CT molecular complexity index is 801. The number of ether oxygens (including phenoxy) is 1. The van der Waals surface area contributed by atoms with Crippen molar-refractivity contribution in [3.63, 3.8) is 0 Å². The van der Waals surface area contributed by atoms with E-state index in [4.69, 9.17) is 4.74 Å². The van der Waals surface area contributed by atoms with Gasteiger partial charge in [0.25, 0.3) is 0 Å². The molecule has 3 heteroatoms. The first-order valence-electron chi connectivity index (χ1n) is 9.55. The normalized spacial score (nSPS) is 10.9. The monoisotopic (exact) mass is 361 g/mol. The molecule has 0 aliphatic rings. The second kappa shape index (κ2) is 11.0. The lowest BCUT2D eigenvalue weighted by atomic mass is 9.94. The molecule has 0 spiro atoms. The van der Waals surface area contributed by atoms with Crippen molar-refractivity contribution in [1.82, 2.24) is 0 Å². The van der Waals surface area contributed by atoms with Crippen molar-refractivity contribution < 1.29 is 9.53 Å². The van der Waals surface area contributed by atoms with E-state index in [0.29, 0.717) is 12.2 Å². The summed E-state index contributed by atoms with van der Waals surface area (Å²) in [6.07, 6.45) is 7.53. The van der Waals surface area contributed by atoms with Crippen molar-refractivity contribution in [3.8, 4) is 17.2 Å². The quantitative estimate of drug-likeness (QED) is 0.313. The Kier molecular flexibility index (Phi) is 8.32. The first-order chi connectivity index (χ1) is 13.1. The number of hydrogen-bond acceptors (Lipinski definition) is 3. The van der Waals surface area contributed by atoms with Crippen LogP contribution in [0.5, 0.6) is 0 Å². The highest BCUT2D eigenvalue weighted by atomic mass is 16.5. The molecule has 27 heavy (non-hydrogen) atoms. The number of nitrogens with zero attached hydrogens (tertiary/aromatic N) is 1. The predicted octanol–water partition coefficient (Wildman–Crippen LogP) is 6.00. The average Bonchev–Trinajstić information content (AvgIpc) is 2.69. The van der Waals surface area contributed by atoms with Crippen molar-refractivity contribution in [2.75, 3.05) is 6.61 Å². The molecule has 0 aromatic heterocycles. The van der Waals surface area contributed by atoms with Gasteiger partial charge in [0, 0.05) is 11.6 Å². The van der Waals surface area contributed by atoms with E-state index in [9.17, 15) is 10.1 Å². The molecule has 0 bridgehead atoms. The summed E-state index contributed by atoms with van der Waals surface area (Å²) in [6.45, 7) is 4.89. The zero-order chi connectivity index (χ0) is 19.5. The van der Waals surface area contributed by atoms with Crippen LogP contribution in [0.2, 0.25) is 0 Å². The molecule has 2 aromatic carbocycles. The van der Waals surface area contributed by atoms with Gasteiger partial charge in [0.1, 0.15) is 0 Å². The summed E-state index contributed by atoms with van der Waals surface area (Å²) in [7, 11) is 0. The van der Waals surface area contributed by atoms with Crippen LogP contribution in [-0.2, 0) is 9.53 Å². The fourth-order valence-electron chi connectivity index (χ4n) is 2.94. The molecule has 2 aromatic rings. The Hall–Kier alpha value is -2.86. The average molecular weight is 361 g/mol. The van der Waals surface area contributed by atoms with Gasteiger partial charge in [-0.2, -0.15) is 5.26 Å². The minimum absolute atomic E-state index is 0.347. The fraction of sp³-hybridized carbons (Fsp3) is 0.333. The van der Waals surface area contributed by atoms with Gasteiger partial charge < -0.3 is 4.74 Å². The highest BCUT2D eigenvalue weighted by Gasteiger charge is 2.09. The lowest BCUT2D eigenvalue weighted by molar-refractivity contribution is -0.137. The second-order valence-corrected chi connectivity index (χ2v) is 6.99. The van der Waals surface area contributed by atoms with E-state index in [2.05, 4.69) is 19.9 Å². The summed E-state index contributed by atoms with van der Waals surface area (Å²) in [4.78, 5) is 12.0. The number of rotatable bonds is 9. The standard InChI is InChI=1S/C24H27NO2/c1-19(2)10-5-4-8-17-27-23(26)16-15-21-13-9-14-22(18-25)24(21)20-11-6-3-7-12-20/h3,6-7,9,11-16,19H,4-5,8,10,17H2,1-2H3/b16-15+. The van der Waals surface area contributed by atoms with Crippen LogP contribution < -0.4 is 0 Å². The van der Waals surface area contributed by atoms with Gasteiger partial charge in [-0.15, -0.1) is 0 Å². The summed E-state index contributed by atoms with van der Waals surface area (Å²) in [6, 6.07) is 17.5. The van der Waals surface area contributed by atoms with Crippen molar-refractivity contribution in [2.45, 2.75) is 39.5 Å². The summed E-state index contributed by atoms with van der Waals surface area (Å²) < 4.78 is 5.28. The van der Waals surface area contributed by atoms with Crippen LogP contribution in [-0.4, -0.2) is 12.6 Å². The maximum atomic E-state index is 12.0. The third kappa shape index (κ3) is 6.75. The Morgan fingerprint density at radius 2 is 1.85 bits per heavy atom. The maximum absolute atomic E-state index is 12.0. The molecular formula is C24H27NO2. The third-order valence-electron chi connectivity index (χ3n) is 4.35. The van der Waals surface area contributed by atoms with Crippen molar-refractivity contribution in [1.29, 1.82) is 5.26 Å². The molecule has 0 amide bonds.